The van der Waals surface area contributed by atoms with Gasteiger partial charge in [0, 0.05) is 23.1 Å². The molecule has 0 aliphatic carbocycles. The molecule has 2 aromatic rings. The molecule has 11 nitrogen and oxygen atoms in total. The third kappa shape index (κ3) is 7.80. The molecule has 1 aromatic heterocycles. The van der Waals surface area contributed by atoms with Gasteiger partial charge in [0.25, 0.3) is 14.2 Å². The SMILES string of the molecule is COc1cc(O[Si](C)(C)C(C)(C)C(C)C)c2c(c1Br)C(=O)OCC(=O)NCC(=S)N[C@H](c1nc(CN)no1)CSC2. The van der Waals surface area contributed by atoms with E-state index >= 15 is 0 Å². The molecule has 1 aliphatic heterocycles. The number of hydrogen-bond acceptors (Lipinski definition) is 11. The first-order valence-electron chi connectivity index (χ1n) is 13.1. The molecule has 0 fully saturated rings. The molecule has 226 valence electrons. The van der Waals surface area contributed by atoms with E-state index in [2.05, 4.69) is 77.5 Å². The summed E-state index contributed by atoms with van der Waals surface area (Å²) in [6.07, 6.45) is 0. The fourth-order valence-corrected chi connectivity index (χ4v) is 8.32. The maximum absolute atomic E-state index is 13.5. The fourth-order valence-electron chi connectivity index (χ4n) is 3.97. The summed E-state index contributed by atoms with van der Waals surface area (Å²) in [5, 5.41) is 9.65. The van der Waals surface area contributed by atoms with Gasteiger partial charge < -0.3 is 34.8 Å². The van der Waals surface area contributed by atoms with E-state index in [1.807, 2.05) is 0 Å². The van der Waals surface area contributed by atoms with Crippen molar-refractivity contribution in [3.8, 4) is 11.5 Å². The Bertz CT molecular complexity index is 1290. The topological polar surface area (TPSA) is 151 Å². The van der Waals surface area contributed by atoms with E-state index in [0.29, 0.717) is 55.7 Å². The van der Waals surface area contributed by atoms with E-state index in [-0.39, 0.29) is 23.7 Å². The minimum atomic E-state index is -2.41. The van der Waals surface area contributed by atoms with Crippen molar-refractivity contribution in [2.45, 2.75) is 64.2 Å². The first-order valence-corrected chi connectivity index (χ1v) is 18.4. The Kier molecular flexibility index (Phi) is 11.2. The van der Waals surface area contributed by atoms with E-state index in [1.165, 1.54) is 18.9 Å². The van der Waals surface area contributed by atoms with Crippen LogP contribution in [0, 0.1) is 5.92 Å². The summed E-state index contributed by atoms with van der Waals surface area (Å²) < 4.78 is 23.8. The Balaban J connectivity index is 2.10. The second kappa shape index (κ2) is 13.8. The highest BCUT2D eigenvalue weighted by molar-refractivity contribution is 9.10. The predicted octanol–water partition coefficient (Wildman–Crippen LogP) is 4.50. The first-order chi connectivity index (χ1) is 19.2. The number of ether oxygens (including phenoxy) is 2. The average molecular weight is 689 g/mol. The maximum Gasteiger partial charge on any atom is 0.340 e. The zero-order valence-corrected chi connectivity index (χ0v) is 28.6. The highest BCUT2D eigenvalue weighted by atomic mass is 79.9. The highest BCUT2D eigenvalue weighted by Crippen LogP contribution is 2.47. The summed E-state index contributed by atoms with van der Waals surface area (Å²) in [6.45, 7) is 12.8. The average Bonchev–Trinajstić information content (AvgIpc) is 3.40. The number of esters is 1. The number of benzene rings is 1. The van der Waals surface area contributed by atoms with Gasteiger partial charge in [0.05, 0.1) is 35.2 Å². The number of thiocarbonyl (C=S) groups is 1. The number of rotatable bonds is 7. The van der Waals surface area contributed by atoms with E-state index < -0.39 is 32.8 Å². The quantitative estimate of drug-likeness (QED) is 0.214. The molecule has 4 N–H and O–H groups in total. The number of nitrogens with two attached hydrogens (primary N) is 1. The van der Waals surface area contributed by atoms with Crippen LogP contribution in [-0.4, -0.2) is 61.3 Å². The van der Waals surface area contributed by atoms with Gasteiger partial charge in [0.15, 0.2) is 12.4 Å². The Morgan fingerprint density at radius 2 is 2.02 bits per heavy atom. The molecule has 3 rings (SSSR count). The minimum absolute atomic E-state index is 0.0439. The molecule has 41 heavy (non-hydrogen) atoms. The summed E-state index contributed by atoms with van der Waals surface area (Å²) in [5.41, 5.74) is 6.54. The van der Waals surface area contributed by atoms with E-state index in [4.69, 9.17) is 36.4 Å². The summed E-state index contributed by atoms with van der Waals surface area (Å²) in [7, 11) is -0.892. The number of thioether (sulfide) groups is 1. The van der Waals surface area contributed by atoms with Crippen molar-refractivity contribution in [3.63, 3.8) is 0 Å². The van der Waals surface area contributed by atoms with Gasteiger partial charge in [-0.15, -0.1) is 0 Å². The van der Waals surface area contributed by atoms with Crippen LogP contribution in [0.5, 0.6) is 11.5 Å². The van der Waals surface area contributed by atoms with Gasteiger partial charge in [0.1, 0.15) is 17.5 Å². The number of fused-ring (bicyclic) bond motifs is 1. The third-order valence-corrected chi connectivity index (χ3v) is 14.2. The molecular weight excluding hydrogens is 650 g/mol. The van der Waals surface area contributed by atoms with Gasteiger partial charge in [-0.05, 0) is 40.0 Å². The Morgan fingerprint density at radius 1 is 1.32 bits per heavy atom. The van der Waals surface area contributed by atoms with Gasteiger partial charge >= 0.3 is 5.97 Å². The van der Waals surface area contributed by atoms with Crippen molar-refractivity contribution in [3.05, 3.63) is 33.4 Å². The predicted molar refractivity (Wildman–Crippen MR) is 168 cm³/mol. The van der Waals surface area contributed by atoms with Crippen LogP contribution in [0.1, 0.15) is 61.4 Å². The van der Waals surface area contributed by atoms with Crippen LogP contribution < -0.4 is 25.5 Å². The first kappa shape index (κ1) is 33.3. The van der Waals surface area contributed by atoms with Crippen molar-refractivity contribution in [2.24, 2.45) is 11.7 Å². The Labute approximate surface area is 259 Å². The lowest BCUT2D eigenvalue weighted by atomic mass is 9.99. The Morgan fingerprint density at radius 3 is 2.63 bits per heavy atom. The van der Waals surface area contributed by atoms with Crippen LogP contribution in [-0.2, 0) is 21.8 Å². The van der Waals surface area contributed by atoms with Gasteiger partial charge in [-0.1, -0.05) is 45.1 Å². The smallest absolute Gasteiger partial charge is 0.340 e. The molecule has 0 unspecified atom stereocenters. The zero-order chi connectivity index (χ0) is 30.5. The van der Waals surface area contributed by atoms with Crippen molar-refractivity contribution in [2.75, 3.05) is 26.0 Å². The number of halogens is 1. The molecule has 0 bridgehead atoms. The monoisotopic (exact) mass is 687 g/mol. The van der Waals surface area contributed by atoms with Gasteiger partial charge in [-0.2, -0.15) is 16.7 Å². The van der Waals surface area contributed by atoms with Gasteiger partial charge in [-0.3, -0.25) is 4.79 Å². The molecule has 2 heterocycles. The lowest BCUT2D eigenvalue weighted by Crippen LogP contribution is -2.48. The van der Waals surface area contributed by atoms with Crippen molar-refractivity contribution in [1.82, 2.24) is 20.8 Å². The van der Waals surface area contributed by atoms with Crippen LogP contribution in [0.25, 0.3) is 0 Å². The van der Waals surface area contributed by atoms with Crippen molar-refractivity contribution < 1.29 is 28.0 Å². The zero-order valence-electron chi connectivity index (χ0n) is 24.4. The van der Waals surface area contributed by atoms with Crippen LogP contribution in [0.2, 0.25) is 18.1 Å². The molecule has 1 amide bonds. The van der Waals surface area contributed by atoms with Crippen LogP contribution in [0.4, 0.5) is 0 Å². The fraction of sp³-hybridized carbons (Fsp3) is 0.577. The van der Waals surface area contributed by atoms with Crippen LogP contribution in [0.15, 0.2) is 15.1 Å². The summed E-state index contributed by atoms with van der Waals surface area (Å²) in [6, 6.07) is 1.33. The summed E-state index contributed by atoms with van der Waals surface area (Å²) >= 11 is 10.5. The van der Waals surface area contributed by atoms with Gasteiger partial charge in [0.2, 0.25) is 5.89 Å². The number of nitrogens with zero attached hydrogens (tertiary/aromatic N) is 2. The molecule has 15 heteroatoms. The molecule has 0 spiro atoms. The van der Waals surface area contributed by atoms with Gasteiger partial charge in [-0.25, -0.2) is 4.79 Å². The number of nitrogens with one attached hydrogen (secondary N) is 2. The maximum atomic E-state index is 13.5. The lowest BCUT2D eigenvalue weighted by Gasteiger charge is -2.43. The molecule has 0 radical (unpaired) electrons. The number of methoxy groups -OCH3 is 1. The molecule has 1 atom stereocenters. The van der Waals surface area contributed by atoms with E-state index in [1.54, 1.807) is 6.07 Å². The summed E-state index contributed by atoms with van der Waals surface area (Å²) in [4.78, 5) is 30.7. The van der Waals surface area contributed by atoms with Crippen molar-refractivity contribution >= 4 is 65.1 Å². The minimum Gasteiger partial charge on any atom is -0.543 e. The molecule has 1 aliphatic rings. The molecular formula is C26H38BrN5O6S2Si. The summed E-state index contributed by atoms with van der Waals surface area (Å²) in [5.74, 6) is 1.63. The van der Waals surface area contributed by atoms with Crippen LogP contribution >= 0.6 is 39.9 Å². The number of hydrogen-bond donors (Lipinski definition) is 3. The highest BCUT2D eigenvalue weighted by Gasteiger charge is 2.45. The number of carbonyl (C=O) groups excluding carboxylic acids is 2. The normalized spacial score (nSPS) is 17.7. The number of cyclic esters (lactones) is 1. The second-order valence-corrected chi connectivity index (χ2v) is 17.8. The molecule has 0 saturated carbocycles. The number of aromatic nitrogens is 2. The molecule has 1 aromatic carbocycles. The number of carbonyl (C=O) groups is 2. The molecule has 0 saturated heterocycles. The third-order valence-electron chi connectivity index (χ3n) is 7.69. The van der Waals surface area contributed by atoms with Crippen LogP contribution in [0.3, 0.4) is 0 Å². The lowest BCUT2D eigenvalue weighted by molar-refractivity contribution is -0.123. The standard InChI is InChI=1S/C26H38BrN5O6S2Si/c1-14(2)26(3,4)41(6,7)38-17-8-18(35-5)23(27)22-15(17)12-40-13-16(24-31-19(9-28)32-37-24)30-21(39)10-29-20(33)11-36-25(22)34/h8,14,16H,9-13,28H2,1-7H3,(H,29,33)(H,30,39)/t16-/m0/s1. The van der Waals surface area contributed by atoms with Crippen molar-refractivity contribution in [1.29, 1.82) is 0 Å². The number of amides is 1. The largest absolute Gasteiger partial charge is 0.543 e. The van der Waals surface area contributed by atoms with E-state index in [9.17, 15) is 9.59 Å². The Hall–Kier alpha value is -2.20. The van der Waals surface area contributed by atoms with E-state index in [0.717, 1.165) is 0 Å². The second-order valence-electron chi connectivity index (χ2n) is 11.0.